The molecule has 1 fully saturated rings. The van der Waals surface area contributed by atoms with Gasteiger partial charge in [0.2, 0.25) is 0 Å². The van der Waals surface area contributed by atoms with Crippen molar-refractivity contribution in [2.75, 3.05) is 20.3 Å². The van der Waals surface area contributed by atoms with Crippen molar-refractivity contribution in [2.24, 2.45) is 5.92 Å². The summed E-state index contributed by atoms with van der Waals surface area (Å²) in [5, 5.41) is 0.414. The highest BCUT2D eigenvalue weighted by atomic mass is 35.5. The number of ether oxygens (including phenoxy) is 3. The Balaban J connectivity index is 2.14. The van der Waals surface area contributed by atoms with Crippen LogP contribution in [0.3, 0.4) is 0 Å². The van der Waals surface area contributed by atoms with Crippen molar-refractivity contribution in [3.8, 4) is 11.5 Å². The fourth-order valence-corrected chi connectivity index (χ4v) is 2.56. The minimum Gasteiger partial charge on any atom is -0.497 e. The number of methoxy groups -OCH3 is 1. The van der Waals surface area contributed by atoms with Crippen molar-refractivity contribution in [3.63, 3.8) is 0 Å². The minimum atomic E-state index is -0.350. The van der Waals surface area contributed by atoms with Gasteiger partial charge in [-0.3, -0.25) is 0 Å². The normalized spacial score (nSPS) is 21.7. The first-order chi connectivity index (χ1) is 8.70. The average molecular weight is 267 g/mol. The van der Waals surface area contributed by atoms with E-state index in [0.717, 1.165) is 0 Å². The topological polar surface area (TPSA) is 44.8 Å². The van der Waals surface area contributed by atoms with Crippen LogP contribution in [-0.4, -0.2) is 26.3 Å². The third-order valence-corrected chi connectivity index (χ3v) is 3.55. The second-order valence-corrected chi connectivity index (χ2v) is 4.57. The van der Waals surface area contributed by atoms with E-state index in [4.69, 9.17) is 25.8 Å². The summed E-state index contributed by atoms with van der Waals surface area (Å²) in [7, 11) is 1.59. The van der Waals surface area contributed by atoms with Gasteiger partial charge in [-0.15, -0.1) is 0 Å². The molecule has 2 aliphatic heterocycles. The van der Waals surface area contributed by atoms with E-state index in [1.807, 2.05) is 0 Å². The van der Waals surface area contributed by atoms with Crippen LogP contribution >= 0.6 is 11.6 Å². The lowest BCUT2D eigenvalue weighted by atomic mass is 10.0. The summed E-state index contributed by atoms with van der Waals surface area (Å²) in [6, 6.07) is 5.34. The largest absolute Gasteiger partial charge is 0.497 e. The Hall–Kier alpha value is -1.68. The number of esters is 1. The smallest absolute Gasteiger partial charge is 0.336 e. The monoisotopic (exact) mass is 266 g/mol. The summed E-state index contributed by atoms with van der Waals surface area (Å²) in [5.74, 6) is 0.882. The van der Waals surface area contributed by atoms with E-state index in [1.165, 1.54) is 0 Å². The van der Waals surface area contributed by atoms with Crippen molar-refractivity contribution < 1.29 is 19.0 Å². The summed E-state index contributed by atoms with van der Waals surface area (Å²) >= 11 is 6.30. The van der Waals surface area contributed by atoms with Crippen LogP contribution in [0, 0.1) is 5.92 Å². The summed E-state index contributed by atoms with van der Waals surface area (Å²) in [5.41, 5.74) is 1.22. The lowest BCUT2D eigenvalue weighted by Crippen LogP contribution is -2.12. The van der Waals surface area contributed by atoms with Gasteiger partial charge in [-0.2, -0.15) is 0 Å². The summed E-state index contributed by atoms with van der Waals surface area (Å²) in [6.07, 6.45) is 0. The highest BCUT2D eigenvalue weighted by Crippen LogP contribution is 2.41. The van der Waals surface area contributed by atoms with Crippen LogP contribution in [-0.2, 0) is 9.53 Å². The quantitative estimate of drug-likeness (QED) is 0.731. The fourth-order valence-electron chi connectivity index (χ4n) is 2.17. The molecule has 0 radical (unpaired) electrons. The standard InChI is InChI=1S/C13H11ClO4/c1-16-8-2-3-9-10(4-8)17-5-7-6-18-13(15)11(7)12(9)14/h2-4,7H,5-6H2,1H3. The molecular weight excluding hydrogens is 256 g/mol. The third-order valence-electron chi connectivity index (χ3n) is 3.15. The summed E-state index contributed by atoms with van der Waals surface area (Å²) in [6.45, 7) is 0.715. The van der Waals surface area contributed by atoms with Crippen LogP contribution in [0.2, 0.25) is 0 Å². The number of benzene rings is 1. The van der Waals surface area contributed by atoms with E-state index in [0.29, 0.717) is 40.9 Å². The van der Waals surface area contributed by atoms with Crippen molar-refractivity contribution in [1.29, 1.82) is 0 Å². The number of fused-ring (bicyclic) bond motifs is 2. The van der Waals surface area contributed by atoms with Gasteiger partial charge in [-0.25, -0.2) is 4.79 Å². The average Bonchev–Trinajstić information content (AvgIpc) is 2.69. The Morgan fingerprint density at radius 2 is 2.11 bits per heavy atom. The second kappa shape index (κ2) is 4.21. The maximum Gasteiger partial charge on any atom is 0.336 e. The van der Waals surface area contributed by atoms with Crippen molar-refractivity contribution in [2.45, 2.75) is 0 Å². The first kappa shape index (κ1) is 11.4. The molecule has 0 N–H and O–H groups in total. The van der Waals surface area contributed by atoms with Gasteiger partial charge in [0.15, 0.2) is 0 Å². The van der Waals surface area contributed by atoms with E-state index in [1.54, 1.807) is 25.3 Å². The summed E-state index contributed by atoms with van der Waals surface area (Å²) < 4.78 is 15.8. The number of cyclic esters (lactones) is 1. The molecular formula is C13H11ClO4. The maximum absolute atomic E-state index is 11.7. The lowest BCUT2D eigenvalue weighted by Gasteiger charge is -2.10. The van der Waals surface area contributed by atoms with E-state index >= 15 is 0 Å². The summed E-state index contributed by atoms with van der Waals surface area (Å²) in [4.78, 5) is 11.7. The third kappa shape index (κ3) is 1.64. The molecule has 0 aliphatic carbocycles. The molecule has 3 rings (SSSR count). The van der Waals surface area contributed by atoms with Crippen LogP contribution in [0.4, 0.5) is 0 Å². The Morgan fingerprint density at radius 3 is 2.89 bits per heavy atom. The molecule has 0 spiro atoms. The van der Waals surface area contributed by atoms with Gasteiger partial charge < -0.3 is 14.2 Å². The van der Waals surface area contributed by atoms with Crippen molar-refractivity contribution in [1.82, 2.24) is 0 Å². The van der Waals surface area contributed by atoms with E-state index in [-0.39, 0.29) is 11.9 Å². The zero-order valence-corrected chi connectivity index (χ0v) is 10.5. The van der Waals surface area contributed by atoms with Gasteiger partial charge in [-0.05, 0) is 12.1 Å². The highest BCUT2D eigenvalue weighted by Gasteiger charge is 2.36. The lowest BCUT2D eigenvalue weighted by molar-refractivity contribution is -0.135. The van der Waals surface area contributed by atoms with Gasteiger partial charge in [0.25, 0.3) is 0 Å². The zero-order chi connectivity index (χ0) is 12.7. The molecule has 0 saturated carbocycles. The number of carbonyl (C=O) groups excluding carboxylic acids is 1. The molecule has 1 aromatic carbocycles. The van der Waals surface area contributed by atoms with E-state index < -0.39 is 0 Å². The number of hydrogen-bond acceptors (Lipinski definition) is 4. The van der Waals surface area contributed by atoms with Crippen molar-refractivity contribution in [3.05, 3.63) is 29.3 Å². The Labute approximate surface area is 109 Å². The molecule has 94 valence electrons. The Bertz CT molecular complexity index is 550. The fraction of sp³-hybridized carbons (Fsp3) is 0.308. The molecule has 2 heterocycles. The second-order valence-electron chi connectivity index (χ2n) is 4.20. The number of carbonyl (C=O) groups is 1. The molecule has 1 aromatic rings. The molecule has 0 bridgehead atoms. The molecule has 1 atom stereocenters. The van der Waals surface area contributed by atoms with E-state index in [9.17, 15) is 4.79 Å². The van der Waals surface area contributed by atoms with Gasteiger partial charge in [-0.1, -0.05) is 11.6 Å². The molecule has 5 heteroatoms. The molecule has 4 nitrogen and oxygen atoms in total. The van der Waals surface area contributed by atoms with Crippen LogP contribution in [0.15, 0.2) is 23.8 Å². The molecule has 0 amide bonds. The van der Waals surface area contributed by atoms with Gasteiger partial charge in [0.1, 0.15) is 18.1 Å². The predicted molar refractivity (Wildman–Crippen MR) is 65.7 cm³/mol. The molecule has 1 saturated heterocycles. The molecule has 1 unspecified atom stereocenters. The minimum absolute atomic E-state index is 0.0941. The van der Waals surface area contributed by atoms with Crippen LogP contribution in [0.5, 0.6) is 11.5 Å². The predicted octanol–water partition coefficient (Wildman–Crippen LogP) is 2.21. The van der Waals surface area contributed by atoms with Crippen molar-refractivity contribution >= 4 is 22.6 Å². The first-order valence-corrected chi connectivity index (χ1v) is 5.96. The van der Waals surface area contributed by atoms with Crippen LogP contribution < -0.4 is 9.47 Å². The van der Waals surface area contributed by atoms with E-state index in [2.05, 4.69) is 0 Å². The zero-order valence-electron chi connectivity index (χ0n) is 9.73. The molecule has 0 aromatic heterocycles. The SMILES string of the molecule is COc1ccc2c(c1)OCC1COC(=O)C1=C2Cl. The molecule has 2 aliphatic rings. The molecule has 18 heavy (non-hydrogen) atoms. The van der Waals surface area contributed by atoms with Crippen LogP contribution in [0.1, 0.15) is 5.56 Å². The highest BCUT2D eigenvalue weighted by molar-refractivity contribution is 6.51. The number of hydrogen-bond donors (Lipinski definition) is 0. The van der Waals surface area contributed by atoms with Gasteiger partial charge >= 0.3 is 5.97 Å². The van der Waals surface area contributed by atoms with Crippen LogP contribution in [0.25, 0.3) is 5.03 Å². The maximum atomic E-state index is 11.7. The Kier molecular flexibility index (Phi) is 2.67. The first-order valence-electron chi connectivity index (χ1n) is 5.58. The Morgan fingerprint density at radius 1 is 1.33 bits per heavy atom. The van der Waals surface area contributed by atoms with Gasteiger partial charge in [0.05, 0.1) is 30.2 Å². The number of rotatable bonds is 1. The van der Waals surface area contributed by atoms with Gasteiger partial charge in [0, 0.05) is 11.6 Å². The number of halogens is 1.